The van der Waals surface area contributed by atoms with Crippen LogP contribution < -0.4 is 0 Å². The van der Waals surface area contributed by atoms with E-state index in [0.717, 1.165) is 37.0 Å². The van der Waals surface area contributed by atoms with Crippen molar-refractivity contribution < 1.29 is 13.9 Å². The van der Waals surface area contributed by atoms with Crippen molar-refractivity contribution in [1.82, 2.24) is 4.90 Å². The van der Waals surface area contributed by atoms with Gasteiger partial charge in [0.2, 0.25) is 0 Å². The number of Topliss-reactive ketones (excluding diaryl/α,β-unsaturated/α-hetero) is 1. The number of hydrogen-bond acceptors (Lipinski definition) is 4. The number of rotatable bonds is 5. The van der Waals surface area contributed by atoms with Gasteiger partial charge >= 0.3 is 0 Å². The molecular formula is C16H19NO3. The summed E-state index contributed by atoms with van der Waals surface area (Å²) in [7, 11) is 1.96. The van der Waals surface area contributed by atoms with Crippen LogP contribution in [0.25, 0.3) is 11.0 Å². The zero-order valence-corrected chi connectivity index (χ0v) is 11.7. The van der Waals surface area contributed by atoms with Crippen molar-refractivity contribution in [3.8, 4) is 0 Å². The first-order valence-corrected chi connectivity index (χ1v) is 7.03. The van der Waals surface area contributed by atoms with Gasteiger partial charge in [0.1, 0.15) is 11.8 Å². The van der Waals surface area contributed by atoms with Gasteiger partial charge in [0, 0.05) is 18.5 Å². The van der Waals surface area contributed by atoms with Crippen LogP contribution >= 0.6 is 0 Å². The number of ether oxygens (including phenoxy) is 1. The number of carbonyl (C=O) groups excluding carboxylic acids is 1. The molecular weight excluding hydrogens is 254 g/mol. The van der Waals surface area contributed by atoms with Crippen LogP contribution in [-0.4, -0.2) is 43.5 Å². The number of furan rings is 1. The second kappa shape index (κ2) is 5.77. The van der Waals surface area contributed by atoms with E-state index in [1.54, 1.807) is 6.26 Å². The molecule has 1 aliphatic rings. The largest absolute Gasteiger partial charge is 0.464 e. The summed E-state index contributed by atoms with van der Waals surface area (Å²) in [6, 6.07) is 7.63. The van der Waals surface area contributed by atoms with E-state index in [4.69, 9.17) is 9.15 Å². The predicted molar refractivity (Wildman–Crippen MR) is 77.0 cm³/mol. The number of nitrogens with zero attached hydrogens (tertiary/aromatic N) is 1. The number of ketones is 1. The van der Waals surface area contributed by atoms with Crippen LogP contribution in [0.3, 0.4) is 0 Å². The Labute approximate surface area is 118 Å². The first-order chi connectivity index (χ1) is 9.74. The van der Waals surface area contributed by atoms with Crippen molar-refractivity contribution in [2.45, 2.75) is 18.9 Å². The fourth-order valence-electron chi connectivity index (χ4n) is 2.72. The molecule has 0 N–H and O–H groups in total. The van der Waals surface area contributed by atoms with Crippen LogP contribution in [0, 0.1) is 0 Å². The van der Waals surface area contributed by atoms with Crippen LogP contribution in [0.4, 0.5) is 0 Å². The van der Waals surface area contributed by atoms with Crippen molar-refractivity contribution in [1.29, 1.82) is 0 Å². The third-order valence-electron chi connectivity index (χ3n) is 3.73. The van der Waals surface area contributed by atoms with Gasteiger partial charge in [-0.1, -0.05) is 18.2 Å². The van der Waals surface area contributed by atoms with Crippen LogP contribution in [0.1, 0.15) is 23.2 Å². The lowest BCUT2D eigenvalue weighted by molar-refractivity contribution is 0.0741. The van der Waals surface area contributed by atoms with E-state index in [0.29, 0.717) is 12.1 Å². The predicted octanol–water partition coefficient (Wildman–Crippen LogP) is 2.73. The molecule has 0 aliphatic carbocycles. The average molecular weight is 273 g/mol. The Balaban J connectivity index is 1.66. The first-order valence-electron chi connectivity index (χ1n) is 7.03. The van der Waals surface area contributed by atoms with Gasteiger partial charge in [0.25, 0.3) is 0 Å². The van der Waals surface area contributed by atoms with Gasteiger partial charge in [-0.3, -0.25) is 9.69 Å². The molecule has 4 nitrogen and oxygen atoms in total. The quantitative estimate of drug-likeness (QED) is 0.786. The second-order valence-electron chi connectivity index (χ2n) is 5.40. The standard InChI is InChI=1S/C16H19NO3/c1-17(9-12-5-4-8-19-12)10-15(18)14-11-20-16-7-3-2-6-13(14)16/h2-3,6-7,11-12H,4-5,8-10H2,1H3. The van der Waals surface area contributed by atoms with Gasteiger partial charge in [0.15, 0.2) is 5.78 Å². The summed E-state index contributed by atoms with van der Waals surface area (Å²) in [5, 5.41) is 0.892. The normalized spacial score (nSPS) is 19.0. The molecule has 1 aromatic heterocycles. The van der Waals surface area contributed by atoms with Crippen LogP contribution in [0.2, 0.25) is 0 Å². The molecule has 106 valence electrons. The average Bonchev–Trinajstić information content (AvgIpc) is 3.07. The molecule has 2 heterocycles. The lowest BCUT2D eigenvalue weighted by atomic mass is 10.1. The zero-order chi connectivity index (χ0) is 13.9. The zero-order valence-electron chi connectivity index (χ0n) is 11.7. The maximum atomic E-state index is 12.4. The highest BCUT2D eigenvalue weighted by molar-refractivity contribution is 6.08. The summed E-state index contributed by atoms with van der Waals surface area (Å²) >= 11 is 0. The molecule has 1 atom stereocenters. The summed E-state index contributed by atoms with van der Waals surface area (Å²) in [5.41, 5.74) is 1.43. The summed E-state index contributed by atoms with van der Waals surface area (Å²) in [4.78, 5) is 14.4. The third kappa shape index (κ3) is 2.76. The molecule has 2 aromatic rings. The maximum Gasteiger partial charge on any atom is 0.180 e. The number of hydrogen-bond donors (Lipinski definition) is 0. The maximum absolute atomic E-state index is 12.4. The lowest BCUT2D eigenvalue weighted by Gasteiger charge is -2.19. The summed E-state index contributed by atoms with van der Waals surface area (Å²) in [6.45, 7) is 2.05. The van der Waals surface area contributed by atoms with Gasteiger partial charge in [-0.15, -0.1) is 0 Å². The minimum absolute atomic E-state index is 0.0930. The fourth-order valence-corrected chi connectivity index (χ4v) is 2.72. The number of fused-ring (bicyclic) bond motifs is 1. The highest BCUT2D eigenvalue weighted by Gasteiger charge is 2.20. The Hall–Kier alpha value is -1.65. The number of para-hydroxylation sites is 1. The monoisotopic (exact) mass is 273 g/mol. The summed E-state index contributed by atoms with van der Waals surface area (Å²) in [6.07, 6.45) is 4.05. The molecule has 0 spiro atoms. The molecule has 1 unspecified atom stereocenters. The Morgan fingerprint density at radius 2 is 2.25 bits per heavy atom. The number of carbonyl (C=O) groups is 1. The van der Waals surface area contributed by atoms with Crippen molar-refractivity contribution in [3.63, 3.8) is 0 Å². The topological polar surface area (TPSA) is 42.7 Å². The van der Waals surface area contributed by atoms with E-state index >= 15 is 0 Å². The summed E-state index contributed by atoms with van der Waals surface area (Å²) in [5.74, 6) is 0.0930. The molecule has 0 saturated carbocycles. The Kier molecular flexibility index (Phi) is 3.85. The minimum atomic E-state index is 0.0930. The van der Waals surface area contributed by atoms with Gasteiger partial charge in [-0.2, -0.15) is 0 Å². The molecule has 20 heavy (non-hydrogen) atoms. The van der Waals surface area contributed by atoms with E-state index in [1.807, 2.05) is 36.2 Å². The Bertz CT molecular complexity index is 599. The van der Waals surface area contributed by atoms with Gasteiger partial charge in [-0.25, -0.2) is 0 Å². The van der Waals surface area contributed by atoms with Crippen LogP contribution in [0.15, 0.2) is 34.9 Å². The molecule has 1 aromatic carbocycles. The Morgan fingerprint density at radius 1 is 1.40 bits per heavy atom. The van der Waals surface area contributed by atoms with Gasteiger partial charge < -0.3 is 9.15 Å². The lowest BCUT2D eigenvalue weighted by Crippen LogP contribution is -2.33. The third-order valence-corrected chi connectivity index (χ3v) is 3.73. The van der Waals surface area contributed by atoms with E-state index < -0.39 is 0 Å². The summed E-state index contributed by atoms with van der Waals surface area (Å²) < 4.78 is 11.0. The Morgan fingerprint density at radius 3 is 3.05 bits per heavy atom. The first kappa shape index (κ1) is 13.3. The SMILES string of the molecule is CN(CC(=O)c1coc2ccccc12)CC1CCCO1. The molecule has 0 radical (unpaired) electrons. The van der Waals surface area contributed by atoms with Crippen molar-refractivity contribution in [2.75, 3.05) is 26.7 Å². The van der Waals surface area contributed by atoms with Crippen LogP contribution in [0.5, 0.6) is 0 Å². The number of likely N-dealkylation sites (N-methyl/N-ethyl adjacent to an activating group) is 1. The van der Waals surface area contributed by atoms with E-state index in [1.165, 1.54) is 0 Å². The van der Waals surface area contributed by atoms with E-state index in [9.17, 15) is 4.79 Å². The molecule has 1 aliphatic heterocycles. The van der Waals surface area contributed by atoms with Gasteiger partial charge in [-0.05, 0) is 26.0 Å². The number of benzene rings is 1. The second-order valence-corrected chi connectivity index (χ2v) is 5.40. The highest BCUT2D eigenvalue weighted by atomic mass is 16.5. The fraction of sp³-hybridized carbons (Fsp3) is 0.438. The van der Waals surface area contributed by atoms with Crippen molar-refractivity contribution in [2.24, 2.45) is 0 Å². The molecule has 0 amide bonds. The molecule has 0 bridgehead atoms. The van der Waals surface area contributed by atoms with Crippen LogP contribution in [-0.2, 0) is 4.74 Å². The molecule has 1 fully saturated rings. The molecule has 1 saturated heterocycles. The van der Waals surface area contributed by atoms with Crippen molar-refractivity contribution >= 4 is 16.8 Å². The highest BCUT2D eigenvalue weighted by Crippen LogP contribution is 2.21. The smallest absolute Gasteiger partial charge is 0.180 e. The van der Waals surface area contributed by atoms with Crippen molar-refractivity contribution in [3.05, 3.63) is 36.1 Å². The minimum Gasteiger partial charge on any atom is -0.464 e. The van der Waals surface area contributed by atoms with Gasteiger partial charge in [0.05, 0.1) is 18.2 Å². The van der Waals surface area contributed by atoms with E-state index in [2.05, 4.69) is 0 Å². The van der Waals surface area contributed by atoms with E-state index in [-0.39, 0.29) is 11.9 Å². The molecule has 3 rings (SSSR count). The molecule has 4 heteroatoms.